The summed E-state index contributed by atoms with van der Waals surface area (Å²) in [5.74, 6) is -3.03. The highest BCUT2D eigenvalue weighted by atomic mass is 16.6. The van der Waals surface area contributed by atoms with E-state index in [1.54, 1.807) is 27.7 Å². The van der Waals surface area contributed by atoms with E-state index in [4.69, 9.17) is 4.74 Å². The average Bonchev–Trinajstić information content (AvgIpc) is 2.11. The van der Waals surface area contributed by atoms with Gasteiger partial charge in [-0.2, -0.15) is 0 Å². The van der Waals surface area contributed by atoms with Crippen molar-refractivity contribution in [2.75, 3.05) is 6.61 Å². The summed E-state index contributed by atoms with van der Waals surface area (Å²) in [5.41, 5.74) is 0. The highest BCUT2D eigenvalue weighted by Gasteiger charge is 2.20. The Kier molecular flexibility index (Phi) is 6.14. The Morgan fingerprint density at radius 2 is 1.38 bits per heavy atom. The van der Waals surface area contributed by atoms with Crippen molar-refractivity contribution >= 4 is 17.9 Å². The number of esters is 3. The van der Waals surface area contributed by atoms with Crippen molar-refractivity contribution in [2.45, 2.75) is 39.9 Å². The summed E-state index contributed by atoms with van der Waals surface area (Å²) in [5, 5.41) is 0. The lowest BCUT2D eigenvalue weighted by molar-refractivity contribution is -0.174. The van der Waals surface area contributed by atoms with Crippen molar-refractivity contribution in [3.63, 3.8) is 0 Å². The molecular weight excluding hydrogens is 216 g/mol. The van der Waals surface area contributed by atoms with Crippen molar-refractivity contribution in [3.8, 4) is 0 Å². The second-order valence-corrected chi connectivity index (χ2v) is 3.57. The summed E-state index contributed by atoms with van der Waals surface area (Å²) >= 11 is 0. The van der Waals surface area contributed by atoms with Gasteiger partial charge in [-0.05, 0) is 27.7 Å². The highest BCUT2D eigenvalue weighted by Crippen LogP contribution is 1.94. The lowest BCUT2D eigenvalue weighted by Crippen LogP contribution is -2.26. The van der Waals surface area contributed by atoms with E-state index in [1.807, 2.05) is 0 Å². The van der Waals surface area contributed by atoms with Gasteiger partial charge in [0, 0.05) is 0 Å². The van der Waals surface area contributed by atoms with E-state index in [-0.39, 0.29) is 6.10 Å². The van der Waals surface area contributed by atoms with Crippen molar-refractivity contribution in [1.29, 1.82) is 0 Å². The summed E-state index contributed by atoms with van der Waals surface area (Å²) < 4.78 is 13.6. The minimum absolute atomic E-state index is 0.297. The van der Waals surface area contributed by atoms with Gasteiger partial charge in [-0.15, -0.1) is 0 Å². The summed E-state index contributed by atoms with van der Waals surface area (Å²) in [6.07, 6.45) is -0.712. The Morgan fingerprint density at radius 3 is 1.81 bits per heavy atom. The van der Waals surface area contributed by atoms with Crippen LogP contribution in [0.1, 0.15) is 27.7 Å². The number of carbonyl (C=O) groups excluding carboxylic acids is 3. The maximum Gasteiger partial charge on any atom is 0.418 e. The predicted molar refractivity (Wildman–Crippen MR) is 53.4 cm³/mol. The Labute approximate surface area is 93.8 Å². The highest BCUT2D eigenvalue weighted by molar-refractivity contribution is 6.29. The van der Waals surface area contributed by atoms with Gasteiger partial charge in [0.15, 0.2) is 6.61 Å². The van der Waals surface area contributed by atoms with E-state index >= 15 is 0 Å². The molecule has 0 aromatic rings. The molecule has 0 spiro atoms. The van der Waals surface area contributed by atoms with Crippen LogP contribution in [0.3, 0.4) is 0 Å². The Hall–Kier alpha value is -1.59. The quantitative estimate of drug-likeness (QED) is 0.397. The van der Waals surface area contributed by atoms with Crippen LogP contribution < -0.4 is 0 Å². The summed E-state index contributed by atoms with van der Waals surface area (Å²) in [6.45, 7) is 5.92. The molecule has 92 valence electrons. The topological polar surface area (TPSA) is 78.9 Å². The van der Waals surface area contributed by atoms with Gasteiger partial charge in [0.2, 0.25) is 0 Å². The first-order chi connectivity index (χ1) is 7.32. The number of rotatable bonds is 4. The molecule has 0 aliphatic carbocycles. The second kappa shape index (κ2) is 6.81. The molecule has 6 nitrogen and oxygen atoms in total. The third kappa shape index (κ3) is 6.80. The molecule has 0 saturated carbocycles. The Balaban J connectivity index is 3.89. The molecule has 0 aromatic heterocycles. The lowest BCUT2D eigenvalue weighted by atomic mass is 10.5. The molecule has 0 fully saturated rings. The second-order valence-electron chi connectivity index (χ2n) is 3.57. The van der Waals surface area contributed by atoms with Crippen molar-refractivity contribution < 1.29 is 28.6 Å². The molecule has 0 atom stereocenters. The van der Waals surface area contributed by atoms with Crippen LogP contribution in [0.4, 0.5) is 0 Å². The van der Waals surface area contributed by atoms with Crippen LogP contribution in [-0.4, -0.2) is 36.7 Å². The standard InChI is InChI=1S/C10H16O6/c1-6(2)15-8(11)5-14-9(12)10(13)16-7(3)4/h6-7H,5H2,1-4H3. The number of carbonyl (C=O) groups is 3. The van der Waals surface area contributed by atoms with Gasteiger partial charge >= 0.3 is 17.9 Å². The third-order valence-electron chi connectivity index (χ3n) is 1.20. The molecule has 16 heavy (non-hydrogen) atoms. The third-order valence-corrected chi connectivity index (χ3v) is 1.20. The minimum Gasteiger partial charge on any atom is -0.460 e. The van der Waals surface area contributed by atoms with Gasteiger partial charge in [-0.25, -0.2) is 14.4 Å². The molecule has 0 N–H and O–H groups in total. The van der Waals surface area contributed by atoms with Crippen LogP contribution in [0.5, 0.6) is 0 Å². The fourth-order valence-electron chi connectivity index (χ4n) is 0.742. The summed E-state index contributed by atoms with van der Waals surface area (Å²) in [7, 11) is 0. The minimum atomic E-state index is -1.20. The van der Waals surface area contributed by atoms with Gasteiger partial charge in [-0.3, -0.25) is 0 Å². The van der Waals surface area contributed by atoms with E-state index < -0.39 is 30.6 Å². The smallest absolute Gasteiger partial charge is 0.418 e. The van der Waals surface area contributed by atoms with E-state index in [2.05, 4.69) is 9.47 Å². The fraction of sp³-hybridized carbons (Fsp3) is 0.700. The predicted octanol–water partition coefficient (Wildman–Crippen LogP) is 0.433. The first kappa shape index (κ1) is 14.4. The summed E-state index contributed by atoms with van der Waals surface area (Å²) in [4.78, 5) is 32.9. The number of hydrogen-bond acceptors (Lipinski definition) is 6. The van der Waals surface area contributed by atoms with Gasteiger partial charge in [0.05, 0.1) is 12.2 Å². The molecule has 0 radical (unpaired) electrons. The maximum atomic E-state index is 11.0. The van der Waals surface area contributed by atoms with Gasteiger partial charge in [0.1, 0.15) is 0 Å². The number of ether oxygens (including phenoxy) is 3. The largest absolute Gasteiger partial charge is 0.460 e. The van der Waals surface area contributed by atoms with Gasteiger partial charge in [-0.1, -0.05) is 0 Å². The van der Waals surface area contributed by atoms with E-state index in [1.165, 1.54) is 0 Å². The average molecular weight is 232 g/mol. The van der Waals surface area contributed by atoms with Crippen LogP contribution in [0.2, 0.25) is 0 Å². The first-order valence-corrected chi connectivity index (χ1v) is 4.90. The molecule has 0 unspecified atom stereocenters. The van der Waals surface area contributed by atoms with E-state index in [0.717, 1.165) is 0 Å². The maximum absolute atomic E-state index is 11.0. The van der Waals surface area contributed by atoms with Crippen LogP contribution in [0.25, 0.3) is 0 Å². The van der Waals surface area contributed by atoms with Crippen LogP contribution in [-0.2, 0) is 28.6 Å². The molecule has 0 bridgehead atoms. The molecule has 0 amide bonds. The van der Waals surface area contributed by atoms with Gasteiger partial charge in [0.25, 0.3) is 0 Å². The normalized spacial score (nSPS) is 10.1. The SMILES string of the molecule is CC(C)OC(=O)COC(=O)C(=O)OC(C)C. The van der Waals surface area contributed by atoms with Gasteiger partial charge < -0.3 is 14.2 Å². The number of hydrogen-bond donors (Lipinski definition) is 0. The lowest BCUT2D eigenvalue weighted by Gasteiger charge is -2.09. The van der Waals surface area contributed by atoms with Crippen molar-refractivity contribution in [2.24, 2.45) is 0 Å². The molecule has 0 rings (SSSR count). The first-order valence-electron chi connectivity index (χ1n) is 4.90. The van der Waals surface area contributed by atoms with Crippen LogP contribution >= 0.6 is 0 Å². The zero-order valence-corrected chi connectivity index (χ0v) is 9.81. The molecule has 0 heterocycles. The molecular formula is C10H16O6. The molecule has 0 saturated heterocycles. The molecule has 0 aliphatic heterocycles. The monoisotopic (exact) mass is 232 g/mol. The van der Waals surface area contributed by atoms with Crippen LogP contribution in [0, 0.1) is 0 Å². The Morgan fingerprint density at radius 1 is 0.875 bits per heavy atom. The van der Waals surface area contributed by atoms with Crippen LogP contribution in [0.15, 0.2) is 0 Å². The van der Waals surface area contributed by atoms with Crippen molar-refractivity contribution in [1.82, 2.24) is 0 Å². The molecule has 6 heteroatoms. The Bertz CT molecular complexity index is 268. The fourth-order valence-corrected chi connectivity index (χ4v) is 0.742. The molecule has 0 aromatic carbocycles. The van der Waals surface area contributed by atoms with E-state index in [9.17, 15) is 14.4 Å². The summed E-state index contributed by atoms with van der Waals surface area (Å²) in [6, 6.07) is 0. The zero-order valence-electron chi connectivity index (χ0n) is 9.81. The zero-order chi connectivity index (χ0) is 12.7. The molecule has 0 aliphatic rings. The van der Waals surface area contributed by atoms with Crippen molar-refractivity contribution in [3.05, 3.63) is 0 Å². The van der Waals surface area contributed by atoms with E-state index in [0.29, 0.717) is 0 Å².